The predicted molar refractivity (Wildman–Crippen MR) is 72.7 cm³/mol. The number of aldehydes is 1. The van der Waals surface area contributed by atoms with E-state index in [2.05, 4.69) is 0 Å². The number of unbranched alkanes of at least 4 members (excludes halogenated alkanes) is 1. The molecule has 0 radical (unpaired) electrons. The van der Waals surface area contributed by atoms with E-state index in [4.69, 9.17) is 0 Å². The third kappa shape index (κ3) is 2.15. The van der Waals surface area contributed by atoms with E-state index in [0.29, 0.717) is 19.5 Å². The summed E-state index contributed by atoms with van der Waals surface area (Å²) >= 11 is 0. The second-order valence-electron chi connectivity index (χ2n) is 4.80. The van der Waals surface area contributed by atoms with Gasteiger partial charge in [0, 0.05) is 19.8 Å². The molecule has 1 amide bonds. The van der Waals surface area contributed by atoms with Crippen molar-refractivity contribution < 1.29 is 14.7 Å². The van der Waals surface area contributed by atoms with Gasteiger partial charge in [-0.1, -0.05) is 13.3 Å². The molecular weight excluding hydrogens is 262 g/mol. The van der Waals surface area contributed by atoms with Gasteiger partial charge < -0.3 is 10.0 Å². The van der Waals surface area contributed by atoms with Crippen LogP contribution in [-0.2, 0) is 0 Å². The number of aromatic nitrogens is 1. The van der Waals surface area contributed by atoms with Crippen molar-refractivity contribution >= 4 is 12.2 Å². The molecule has 7 nitrogen and oxygen atoms in total. The topological polar surface area (TPSA) is 82.8 Å². The number of carbonyl (C=O) groups excluding carboxylic acids is 2. The molecule has 2 heterocycles. The van der Waals surface area contributed by atoms with Crippen LogP contribution in [0, 0.1) is 0 Å². The lowest BCUT2D eigenvalue weighted by Crippen LogP contribution is -2.53. The van der Waals surface area contributed by atoms with Gasteiger partial charge in [0.15, 0.2) is 17.7 Å². The monoisotopic (exact) mass is 279 g/mol. The fraction of sp³-hybridized carbons (Fsp3) is 0.462. The highest BCUT2D eigenvalue weighted by Crippen LogP contribution is 2.20. The lowest BCUT2D eigenvalue weighted by atomic mass is 10.2. The minimum atomic E-state index is -0.814. The molecule has 1 aliphatic rings. The summed E-state index contributed by atoms with van der Waals surface area (Å²) in [7, 11) is 1.60. The van der Waals surface area contributed by atoms with Gasteiger partial charge in [-0.25, -0.2) is 0 Å². The van der Waals surface area contributed by atoms with E-state index in [9.17, 15) is 19.5 Å². The van der Waals surface area contributed by atoms with Crippen LogP contribution in [0.25, 0.3) is 0 Å². The third-order valence-corrected chi connectivity index (χ3v) is 3.32. The van der Waals surface area contributed by atoms with Crippen molar-refractivity contribution in [3.8, 4) is 5.75 Å². The Bertz CT molecular complexity index is 608. The van der Waals surface area contributed by atoms with E-state index in [1.54, 1.807) is 7.05 Å². The van der Waals surface area contributed by atoms with Crippen molar-refractivity contribution in [3.63, 3.8) is 0 Å². The van der Waals surface area contributed by atoms with Crippen LogP contribution in [0.4, 0.5) is 0 Å². The summed E-state index contributed by atoms with van der Waals surface area (Å²) in [4.78, 5) is 36.2. The Morgan fingerprint density at radius 2 is 2.10 bits per heavy atom. The van der Waals surface area contributed by atoms with Crippen molar-refractivity contribution in [1.29, 1.82) is 0 Å². The van der Waals surface area contributed by atoms with Crippen molar-refractivity contribution in [3.05, 3.63) is 27.7 Å². The maximum absolute atomic E-state index is 12.1. The molecule has 0 aromatic carbocycles. The van der Waals surface area contributed by atoms with Crippen molar-refractivity contribution in [2.45, 2.75) is 19.8 Å². The Hall–Kier alpha value is -2.31. The summed E-state index contributed by atoms with van der Waals surface area (Å²) in [5, 5.41) is 11.7. The summed E-state index contributed by atoms with van der Waals surface area (Å²) in [6.45, 7) is 3.04. The fourth-order valence-corrected chi connectivity index (χ4v) is 2.19. The molecule has 0 fully saturated rings. The molecule has 0 aliphatic carbocycles. The van der Waals surface area contributed by atoms with Crippen molar-refractivity contribution in [2.24, 2.45) is 0 Å². The molecule has 1 aliphatic heterocycles. The van der Waals surface area contributed by atoms with Gasteiger partial charge >= 0.3 is 0 Å². The first kappa shape index (κ1) is 14.1. The number of aromatic hydroxyl groups is 1. The van der Waals surface area contributed by atoms with E-state index in [-0.39, 0.29) is 11.3 Å². The molecule has 2 rings (SSSR count). The highest BCUT2D eigenvalue weighted by atomic mass is 16.3. The van der Waals surface area contributed by atoms with Crippen LogP contribution >= 0.6 is 0 Å². The number of pyridine rings is 1. The smallest absolute Gasteiger partial charge is 0.277 e. The summed E-state index contributed by atoms with van der Waals surface area (Å²) in [5.74, 6) is -1.11. The number of amides is 1. The van der Waals surface area contributed by atoms with E-state index in [1.807, 2.05) is 11.9 Å². The average molecular weight is 279 g/mol. The molecule has 1 N–H and O–H groups in total. The normalized spacial score (nSPS) is 14.4. The zero-order chi connectivity index (χ0) is 14.9. The first-order chi connectivity index (χ1) is 9.51. The first-order valence-corrected chi connectivity index (χ1v) is 6.45. The molecule has 0 saturated heterocycles. The molecular formula is C13H17N3O4. The number of nitrogens with zero attached hydrogens (tertiary/aromatic N) is 3. The van der Waals surface area contributed by atoms with Crippen LogP contribution < -0.4 is 10.4 Å². The lowest BCUT2D eigenvalue weighted by Gasteiger charge is -2.38. The summed E-state index contributed by atoms with van der Waals surface area (Å²) in [5.41, 5.74) is -1.07. The molecule has 20 heavy (non-hydrogen) atoms. The molecule has 108 valence electrons. The molecule has 1 aromatic rings. The SMILES string of the molecule is CCCCN1CN(C)C(=O)c2c(O)c(=O)c(C=O)cn21. The van der Waals surface area contributed by atoms with Crippen LogP contribution in [0.3, 0.4) is 0 Å². The highest BCUT2D eigenvalue weighted by molar-refractivity contribution is 5.96. The largest absolute Gasteiger partial charge is 0.502 e. The summed E-state index contributed by atoms with van der Waals surface area (Å²) in [6.07, 6.45) is 3.56. The first-order valence-electron chi connectivity index (χ1n) is 6.45. The van der Waals surface area contributed by atoms with Gasteiger partial charge in [0.05, 0.1) is 5.56 Å². The van der Waals surface area contributed by atoms with Gasteiger partial charge in [-0.2, -0.15) is 0 Å². The predicted octanol–water partition coefficient (Wildman–Crippen LogP) is 0.148. The number of hydrogen-bond donors (Lipinski definition) is 1. The van der Waals surface area contributed by atoms with E-state index < -0.39 is 17.1 Å². The van der Waals surface area contributed by atoms with Crippen molar-refractivity contribution in [2.75, 3.05) is 25.3 Å². The Morgan fingerprint density at radius 3 is 2.70 bits per heavy atom. The van der Waals surface area contributed by atoms with Gasteiger partial charge in [-0.15, -0.1) is 0 Å². The number of rotatable bonds is 4. The van der Waals surface area contributed by atoms with Crippen molar-refractivity contribution in [1.82, 2.24) is 9.58 Å². The summed E-state index contributed by atoms with van der Waals surface area (Å²) < 4.78 is 1.42. The second kappa shape index (κ2) is 5.36. The second-order valence-corrected chi connectivity index (χ2v) is 4.80. The quantitative estimate of drug-likeness (QED) is 0.793. The van der Waals surface area contributed by atoms with E-state index >= 15 is 0 Å². The van der Waals surface area contributed by atoms with Crippen LogP contribution in [0.1, 0.15) is 40.6 Å². The number of hydrogen-bond acceptors (Lipinski definition) is 5. The Labute approximate surface area is 116 Å². The average Bonchev–Trinajstić information content (AvgIpc) is 2.44. The standard InChI is InChI=1S/C13H17N3O4/c1-3-4-5-15-8-14(2)13(20)10-12(19)11(18)9(7-17)6-16(10)15/h6-7,19H,3-5,8H2,1-2H3. The zero-order valence-corrected chi connectivity index (χ0v) is 11.5. The number of carbonyl (C=O) groups is 2. The fourth-order valence-electron chi connectivity index (χ4n) is 2.19. The maximum atomic E-state index is 12.1. The molecule has 1 aromatic heterocycles. The van der Waals surface area contributed by atoms with E-state index in [1.165, 1.54) is 15.8 Å². The van der Waals surface area contributed by atoms with Crippen LogP contribution in [0.5, 0.6) is 5.75 Å². The Kier molecular flexibility index (Phi) is 3.78. The van der Waals surface area contributed by atoms with Gasteiger partial charge in [0.1, 0.15) is 6.67 Å². The van der Waals surface area contributed by atoms with Crippen LogP contribution in [0.15, 0.2) is 11.0 Å². The Balaban J connectivity index is 2.61. The van der Waals surface area contributed by atoms with E-state index in [0.717, 1.165) is 12.8 Å². The summed E-state index contributed by atoms with van der Waals surface area (Å²) in [6, 6.07) is 0. The highest BCUT2D eigenvalue weighted by Gasteiger charge is 2.31. The molecule has 0 saturated carbocycles. The number of fused-ring (bicyclic) bond motifs is 1. The van der Waals surface area contributed by atoms with Crippen LogP contribution in [0.2, 0.25) is 0 Å². The van der Waals surface area contributed by atoms with Crippen LogP contribution in [-0.4, -0.2) is 47.1 Å². The Morgan fingerprint density at radius 1 is 1.40 bits per heavy atom. The van der Waals surface area contributed by atoms with Gasteiger partial charge in [-0.05, 0) is 6.42 Å². The lowest BCUT2D eigenvalue weighted by molar-refractivity contribution is 0.0732. The minimum absolute atomic E-state index is 0.0922. The van der Waals surface area contributed by atoms with Gasteiger partial charge in [0.2, 0.25) is 5.43 Å². The molecule has 0 bridgehead atoms. The third-order valence-electron chi connectivity index (χ3n) is 3.32. The van der Waals surface area contributed by atoms with Gasteiger partial charge in [-0.3, -0.25) is 24.1 Å². The maximum Gasteiger partial charge on any atom is 0.277 e. The zero-order valence-electron chi connectivity index (χ0n) is 11.5. The molecule has 0 atom stereocenters. The molecule has 7 heteroatoms. The minimum Gasteiger partial charge on any atom is -0.502 e. The van der Waals surface area contributed by atoms with Gasteiger partial charge in [0.25, 0.3) is 5.91 Å². The molecule has 0 spiro atoms. The molecule has 0 unspecified atom stereocenters.